The molecule has 3 heteroatoms. The maximum absolute atomic E-state index is 11.5. The number of carbonyl (C=O) groups is 1. The van der Waals surface area contributed by atoms with E-state index in [1.807, 2.05) is 13.8 Å². The van der Waals surface area contributed by atoms with Crippen molar-refractivity contribution in [2.24, 2.45) is 5.41 Å². The van der Waals surface area contributed by atoms with Gasteiger partial charge in [0.25, 0.3) is 0 Å². The largest absolute Gasteiger partial charge is 0.352 e. The molecule has 1 amide bonds. The van der Waals surface area contributed by atoms with Gasteiger partial charge in [0.15, 0.2) is 0 Å². The predicted molar refractivity (Wildman–Crippen MR) is 60.1 cm³/mol. The molecule has 0 radical (unpaired) electrons. The van der Waals surface area contributed by atoms with E-state index in [1.165, 1.54) is 0 Å². The highest BCUT2D eigenvalue weighted by Gasteiger charge is 2.23. The van der Waals surface area contributed by atoms with E-state index >= 15 is 0 Å². The van der Waals surface area contributed by atoms with Crippen LogP contribution in [-0.2, 0) is 4.79 Å². The Balaban J connectivity index is 4.07. The van der Waals surface area contributed by atoms with Crippen molar-refractivity contribution < 1.29 is 4.79 Å². The Morgan fingerprint density at radius 3 is 2.23 bits per heavy atom. The molecule has 78 valence electrons. The van der Waals surface area contributed by atoms with Crippen LogP contribution >= 0.6 is 15.9 Å². The average molecular weight is 250 g/mol. The van der Waals surface area contributed by atoms with Crippen LogP contribution < -0.4 is 5.32 Å². The maximum Gasteiger partial charge on any atom is 0.233 e. The van der Waals surface area contributed by atoms with Crippen LogP contribution in [0.5, 0.6) is 0 Å². The predicted octanol–water partition coefficient (Wildman–Crippen LogP) is 2.71. The molecule has 2 nitrogen and oxygen atoms in total. The van der Waals surface area contributed by atoms with E-state index in [2.05, 4.69) is 42.0 Å². The first-order valence-electron chi connectivity index (χ1n) is 4.73. The van der Waals surface area contributed by atoms with Gasteiger partial charge in [-0.25, -0.2) is 0 Å². The summed E-state index contributed by atoms with van der Waals surface area (Å²) in [7, 11) is 0. The Morgan fingerprint density at radius 2 is 1.92 bits per heavy atom. The molecule has 0 rings (SSSR count). The molecule has 2 unspecified atom stereocenters. The van der Waals surface area contributed by atoms with Gasteiger partial charge in [0, 0.05) is 6.04 Å². The third-order valence-corrected chi connectivity index (χ3v) is 3.36. The smallest absolute Gasteiger partial charge is 0.233 e. The fourth-order valence-corrected chi connectivity index (χ4v) is 0.838. The van der Waals surface area contributed by atoms with Gasteiger partial charge in [0.05, 0.1) is 4.83 Å². The molecule has 0 fully saturated rings. The number of alkyl halides is 1. The molecule has 0 bridgehead atoms. The number of rotatable bonds is 3. The quantitative estimate of drug-likeness (QED) is 0.766. The van der Waals surface area contributed by atoms with Crippen LogP contribution in [0.1, 0.15) is 41.0 Å². The highest BCUT2D eigenvalue weighted by Crippen LogP contribution is 2.19. The van der Waals surface area contributed by atoms with Gasteiger partial charge in [-0.05, 0) is 18.8 Å². The van der Waals surface area contributed by atoms with Gasteiger partial charge in [0.2, 0.25) is 5.91 Å². The lowest BCUT2D eigenvalue weighted by molar-refractivity contribution is -0.121. The molecule has 0 aromatic carbocycles. The number of hydrogen-bond acceptors (Lipinski definition) is 1. The van der Waals surface area contributed by atoms with E-state index in [1.54, 1.807) is 0 Å². The molecule has 0 aliphatic rings. The number of halogens is 1. The normalized spacial score (nSPS) is 16.5. The molecule has 0 saturated heterocycles. The summed E-state index contributed by atoms with van der Waals surface area (Å²) < 4.78 is 0. The SMILES string of the molecule is CCC(Br)C(=O)NC(C)C(C)(C)C. The van der Waals surface area contributed by atoms with Gasteiger partial charge in [-0.2, -0.15) is 0 Å². The van der Waals surface area contributed by atoms with E-state index in [-0.39, 0.29) is 22.2 Å². The van der Waals surface area contributed by atoms with Crippen molar-refractivity contribution in [2.45, 2.75) is 51.9 Å². The standard InChI is InChI=1S/C10H20BrNO/c1-6-8(11)9(13)12-7(2)10(3,4)5/h7-8H,6H2,1-5H3,(H,12,13). The van der Waals surface area contributed by atoms with Crippen LogP contribution in [0.15, 0.2) is 0 Å². The zero-order valence-electron chi connectivity index (χ0n) is 9.15. The Hall–Kier alpha value is -0.0500. The second kappa shape index (κ2) is 4.99. The summed E-state index contributed by atoms with van der Waals surface area (Å²) in [6.07, 6.45) is 0.822. The Morgan fingerprint density at radius 1 is 1.46 bits per heavy atom. The van der Waals surface area contributed by atoms with E-state index in [0.29, 0.717) is 0 Å². The zero-order valence-corrected chi connectivity index (χ0v) is 10.7. The minimum atomic E-state index is -0.0581. The van der Waals surface area contributed by atoms with Gasteiger partial charge in [0.1, 0.15) is 0 Å². The summed E-state index contributed by atoms with van der Waals surface area (Å²) in [4.78, 5) is 11.4. The van der Waals surface area contributed by atoms with E-state index in [9.17, 15) is 4.79 Å². The molecule has 0 aliphatic heterocycles. The summed E-state index contributed by atoms with van der Waals surface area (Å²) in [6, 6.07) is 0.201. The Labute approximate surface area is 89.6 Å². The van der Waals surface area contributed by atoms with Crippen molar-refractivity contribution in [2.75, 3.05) is 0 Å². The van der Waals surface area contributed by atoms with Crippen molar-refractivity contribution >= 4 is 21.8 Å². The molecular weight excluding hydrogens is 230 g/mol. The van der Waals surface area contributed by atoms with Crippen LogP contribution in [0.25, 0.3) is 0 Å². The van der Waals surface area contributed by atoms with Crippen molar-refractivity contribution in [3.63, 3.8) is 0 Å². The van der Waals surface area contributed by atoms with Crippen LogP contribution in [0.2, 0.25) is 0 Å². The van der Waals surface area contributed by atoms with Crippen LogP contribution in [0.3, 0.4) is 0 Å². The molecular formula is C10H20BrNO. The Bertz CT molecular complexity index is 174. The third-order valence-electron chi connectivity index (χ3n) is 2.30. The summed E-state index contributed by atoms with van der Waals surface area (Å²) >= 11 is 3.33. The van der Waals surface area contributed by atoms with Crippen LogP contribution in [-0.4, -0.2) is 16.8 Å². The first-order chi connectivity index (χ1) is 5.79. The molecule has 0 saturated carbocycles. The highest BCUT2D eigenvalue weighted by atomic mass is 79.9. The first kappa shape index (κ1) is 12.9. The number of amides is 1. The van der Waals surface area contributed by atoms with Gasteiger partial charge < -0.3 is 5.32 Å². The third kappa shape index (κ3) is 4.65. The lowest BCUT2D eigenvalue weighted by atomic mass is 9.88. The van der Waals surface area contributed by atoms with Crippen molar-refractivity contribution in [1.82, 2.24) is 5.32 Å². The second-order valence-corrected chi connectivity index (χ2v) is 5.58. The van der Waals surface area contributed by atoms with Crippen molar-refractivity contribution in [3.05, 3.63) is 0 Å². The molecule has 0 heterocycles. The number of nitrogens with one attached hydrogen (secondary N) is 1. The van der Waals surface area contributed by atoms with Crippen molar-refractivity contribution in [1.29, 1.82) is 0 Å². The number of hydrogen-bond donors (Lipinski definition) is 1. The highest BCUT2D eigenvalue weighted by molar-refractivity contribution is 9.10. The van der Waals surface area contributed by atoms with Gasteiger partial charge in [-0.1, -0.05) is 43.6 Å². The topological polar surface area (TPSA) is 29.1 Å². The molecule has 0 aromatic rings. The van der Waals surface area contributed by atoms with Gasteiger partial charge >= 0.3 is 0 Å². The average Bonchev–Trinajstić information content (AvgIpc) is 2.01. The zero-order chi connectivity index (χ0) is 10.6. The molecule has 13 heavy (non-hydrogen) atoms. The molecule has 1 N–H and O–H groups in total. The van der Waals surface area contributed by atoms with E-state index in [0.717, 1.165) is 6.42 Å². The van der Waals surface area contributed by atoms with E-state index in [4.69, 9.17) is 0 Å². The summed E-state index contributed by atoms with van der Waals surface area (Å²) in [5.41, 5.74) is 0.121. The Kier molecular flexibility index (Phi) is 4.97. The van der Waals surface area contributed by atoms with Gasteiger partial charge in [-0.15, -0.1) is 0 Å². The van der Waals surface area contributed by atoms with Gasteiger partial charge in [-0.3, -0.25) is 4.79 Å². The van der Waals surface area contributed by atoms with Crippen LogP contribution in [0, 0.1) is 5.41 Å². The van der Waals surface area contributed by atoms with Crippen LogP contribution in [0.4, 0.5) is 0 Å². The minimum absolute atomic E-state index is 0.0581. The summed E-state index contributed by atoms with van der Waals surface area (Å²) in [5, 5.41) is 2.98. The fraction of sp³-hybridized carbons (Fsp3) is 0.900. The summed E-state index contributed by atoms with van der Waals surface area (Å²) in [6.45, 7) is 10.4. The van der Waals surface area contributed by atoms with Crippen molar-refractivity contribution in [3.8, 4) is 0 Å². The molecule has 0 aliphatic carbocycles. The molecule has 2 atom stereocenters. The lowest BCUT2D eigenvalue weighted by Crippen LogP contribution is -2.44. The summed E-state index contributed by atoms with van der Waals surface area (Å²) in [5.74, 6) is 0.0879. The monoisotopic (exact) mass is 249 g/mol. The van der Waals surface area contributed by atoms with E-state index < -0.39 is 0 Å². The molecule has 0 aromatic heterocycles. The fourth-order valence-electron chi connectivity index (χ4n) is 0.706. The minimum Gasteiger partial charge on any atom is -0.352 e. The first-order valence-corrected chi connectivity index (χ1v) is 5.65. The number of carbonyl (C=O) groups excluding carboxylic acids is 1. The molecule has 0 spiro atoms. The lowest BCUT2D eigenvalue weighted by Gasteiger charge is -2.28. The maximum atomic E-state index is 11.5. The second-order valence-electron chi connectivity index (χ2n) is 4.47.